The van der Waals surface area contributed by atoms with Gasteiger partial charge in [0.05, 0.1) is 24.6 Å². The minimum Gasteiger partial charge on any atom is -0.481 e. The Morgan fingerprint density at radius 3 is 2.58 bits per heavy atom. The van der Waals surface area contributed by atoms with Crippen molar-refractivity contribution in [2.75, 3.05) is 12.4 Å². The number of hydrogen-bond donors (Lipinski definition) is 1. The lowest BCUT2D eigenvalue weighted by molar-refractivity contribution is 0.101. The highest BCUT2D eigenvalue weighted by Gasteiger charge is 2.18. The quantitative estimate of drug-likeness (QED) is 0.779. The number of carbonyl (C=O) groups excluding carboxylic acids is 1. The number of aromatic nitrogens is 2. The van der Waals surface area contributed by atoms with Crippen molar-refractivity contribution < 1.29 is 18.3 Å². The van der Waals surface area contributed by atoms with Gasteiger partial charge in [0.1, 0.15) is 11.6 Å². The molecule has 8 heteroatoms. The molecule has 1 aromatic heterocycles. The standard InChI is InChI=1S/C18H13F2N3O3/c1-26-16-10-15(24)17(18(25)21-14-8-3-2-7-13(14)20)22-23(16)12-6-4-5-11(19)9-12/h2-10H,1H3,(H,21,25). The number of benzene rings is 2. The number of methoxy groups -OCH3 is 1. The van der Waals surface area contributed by atoms with E-state index in [-0.39, 0.29) is 17.3 Å². The smallest absolute Gasteiger partial charge is 0.280 e. The molecule has 26 heavy (non-hydrogen) atoms. The van der Waals surface area contributed by atoms with Gasteiger partial charge in [0.25, 0.3) is 5.91 Å². The first kappa shape index (κ1) is 17.3. The highest BCUT2D eigenvalue weighted by Crippen LogP contribution is 2.17. The summed E-state index contributed by atoms with van der Waals surface area (Å²) in [6.07, 6.45) is 0. The van der Waals surface area contributed by atoms with Crippen LogP contribution < -0.4 is 15.5 Å². The van der Waals surface area contributed by atoms with E-state index >= 15 is 0 Å². The van der Waals surface area contributed by atoms with Crippen molar-refractivity contribution in [1.82, 2.24) is 9.78 Å². The Balaban J connectivity index is 2.05. The van der Waals surface area contributed by atoms with Gasteiger partial charge in [0.15, 0.2) is 5.69 Å². The lowest BCUT2D eigenvalue weighted by atomic mass is 10.2. The molecule has 6 nitrogen and oxygen atoms in total. The molecule has 0 saturated heterocycles. The van der Waals surface area contributed by atoms with Gasteiger partial charge < -0.3 is 10.1 Å². The highest BCUT2D eigenvalue weighted by molar-refractivity contribution is 6.02. The first-order valence-electron chi connectivity index (χ1n) is 7.50. The summed E-state index contributed by atoms with van der Waals surface area (Å²) in [4.78, 5) is 24.6. The van der Waals surface area contributed by atoms with Crippen LogP contribution in [0.15, 0.2) is 59.4 Å². The van der Waals surface area contributed by atoms with E-state index in [1.807, 2.05) is 0 Å². The first-order chi connectivity index (χ1) is 12.5. The van der Waals surface area contributed by atoms with Crippen molar-refractivity contribution in [3.8, 4) is 11.6 Å². The fraction of sp³-hybridized carbons (Fsp3) is 0.0556. The lowest BCUT2D eigenvalue weighted by Crippen LogP contribution is -2.26. The van der Waals surface area contributed by atoms with Gasteiger partial charge in [0.2, 0.25) is 11.3 Å². The van der Waals surface area contributed by atoms with Crippen LogP contribution in [-0.4, -0.2) is 22.8 Å². The zero-order valence-electron chi connectivity index (χ0n) is 13.6. The Morgan fingerprint density at radius 1 is 1.12 bits per heavy atom. The molecule has 1 heterocycles. The van der Waals surface area contributed by atoms with Gasteiger partial charge in [-0.1, -0.05) is 18.2 Å². The molecule has 1 amide bonds. The fourth-order valence-corrected chi connectivity index (χ4v) is 2.28. The van der Waals surface area contributed by atoms with E-state index in [4.69, 9.17) is 4.74 Å². The molecule has 0 aliphatic carbocycles. The molecular formula is C18H13F2N3O3. The van der Waals surface area contributed by atoms with Crippen molar-refractivity contribution in [1.29, 1.82) is 0 Å². The molecule has 0 bridgehead atoms. The van der Waals surface area contributed by atoms with Gasteiger partial charge in [-0.3, -0.25) is 9.59 Å². The molecular weight excluding hydrogens is 344 g/mol. The van der Waals surface area contributed by atoms with Crippen LogP contribution in [-0.2, 0) is 0 Å². The summed E-state index contributed by atoms with van der Waals surface area (Å²) >= 11 is 0. The number of para-hydroxylation sites is 1. The van der Waals surface area contributed by atoms with E-state index < -0.39 is 28.7 Å². The minimum atomic E-state index is -0.895. The predicted octanol–water partition coefficient (Wildman–Crippen LogP) is 2.77. The van der Waals surface area contributed by atoms with Crippen LogP contribution in [0, 0.1) is 11.6 Å². The maximum atomic E-state index is 13.7. The topological polar surface area (TPSA) is 73.2 Å². The summed E-state index contributed by atoms with van der Waals surface area (Å²) in [5, 5.41) is 6.25. The number of carbonyl (C=O) groups is 1. The van der Waals surface area contributed by atoms with E-state index in [9.17, 15) is 18.4 Å². The van der Waals surface area contributed by atoms with Gasteiger partial charge in [0, 0.05) is 0 Å². The first-order valence-corrected chi connectivity index (χ1v) is 7.50. The van der Waals surface area contributed by atoms with Crippen molar-refractivity contribution in [2.45, 2.75) is 0 Å². The average molecular weight is 357 g/mol. The van der Waals surface area contributed by atoms with Crippen LogP contribution in [0.4, 0.5) is 14.5 Å². The van der Waals surface area contributed by atoms with Crippen molar-refractivity contribution in [3.05, 3.63) is 82.1 Å². The van der Waals surface area contributed by atoms with Gasteiger partial charge in [-0.15, -0.1) is 0 Å². The second-order valence-electron chi connectivity index (χ2n) is 5.23. The number of nitrogens with zero attached hydrogens (tertiary/aromatic N) is 2. The molecule has 3 aromatic rings. The normalized spacial score (nSPS) is 10.4. The number of hydrogen-bond acceptors (Lipinski definition) is 4. The van der Waals surface area contributed by atoms with E-state index in [0.717, 1.165) is 10.7 Å². The summed E-state index contributed by atoms with van der Waals surface area (Å²) in [6, 6.07) is 11.9. The lowest BCUT2D eigenvalue weighted by Gasteiger charge is -2.12. The molecule has 0 atom stereocenters. The van der Waals surface area contributed by atoms with Crippen LogP contribution >= 0.6 is 0 Å². The second-order valence-corrected chi connectivity index (χ2v) is 5.23. The van der Waals surface area contributed by atoms with Gasteiger partial charge in [-0.2, -0.15) is 5.10 Å². The molecule has 132 valence electrons. The molecule has 0 aliphatic heterocycles. The van der Waals surface area contributed by atoms with Crippen molar-refractivity contribution >= 4 is 11.6 Å². The average Bonchev–Trinajstić information content (AvgIpc) is 2.63. The van der Waals surface area contributed by atoms with E-state index in [1.165, 1.54) is 55.6 Å². The number of anilines is 1. The highest BCUT2D eigenvalue weighted by atomic mass is 19.1. The summed E-state index contributed by atoms with van der Waals surface area (Å²) in [5.74, 6) is -2.06. The summed E-state index contributed by atoms with van der Waals surface area (Å²) in [6.45, 7) is 0. The number of halogens is 2. The fourth-order valence-electron chi connectivity index (χ4n) is 2.28. The van der Waals surface area contributed by atoms with Crippen LogP contribution in [0.5, 0.6) is 5.88 Å². The minimum absolute atomic E-state index is 0.0167. The van der Waals surface area contributed by atoms with Gasteiger partial charge in [-0.05, 0) is 30.3 Å². The molecule has 0 unspecified atom stereocenters. The third-order valence-corrected chi connectivity index (χ3v) is 3.50. The predicted molar refractivity (Wildman–Crippen MR) is 90.7 cm³/mol. The maximum Gasteiger partial charge on any atom is 0.280 e. The third-order valence-electron chi connectivity index (χ3n) is 3.50. The Bertz CT molecular complexity index is 1030. The van der Waals surface area contributed by atoms with Crippen LogP contribution in [0.3, 0.4) is 0 Å². The molecule has 0 spiro atoms. The summed E-state index contributed by atoms with van der Waals surface area (Å²) < 4.78 is 33.4. The summed E-state index contributed by atoms with van der Waals surface area (Å²) in [7, 11) is 1.31. The number of amides is 1. The van der Waals surface area contributed by atoms with Crippen LogP contribution in [0.2, 0.25) is 0 Å². The van der Waals surface area contributed by atoms with Crippen LogP contribution in [0.25, 0.3) is 5.69 Å². The monoisotopic (exact) mass is 357 g/mol. The molecule has 2 aromatic carbocycles. The Morgan fingerprint density at radius 2 is 1.88 bits per heavy atom. The molecule has 1 N–H and O–H groups in total. The van der Waals surface area contributed by atoms with Crippen molar-refractivity contribution in [3.63, 3.8) is 0 Å². The zero-order chi connectivity index (χ0) is 18.7. The largest absolute Gasteiger partial charge is 0.481 e. The Kier molecular flexibility index (Phi) is 4.74. The number of nitrogens with one attached hydrogen (secondary N) is 1. The van der Waals surface area contributed by atoms with Gasteiger partial charge >= 0.3 is 0 Å². The van der Waals surface area contributed by atoms with Crippen molar-refractivity contribution in [2.24, 2.45) is 0 Å². The third kappa shape index (κ3) is 3.44. The molecule has 0 radical (unpaired) electrons. The SMILES string of the molecule is COc1cc(=O)c(C(=O)Nc2ccccc2F)nn1-c1cccc(F)c1. The number of rotatable bonds is 4. The Labute approximate surface area is 146 Å². The molecule has 3 rings (SSSR count). The zero-order valence-corrected chi connectivity index (χ0v) is 13.6. The number of ether oxygens (including phenoxy) is 1. The Hall–Kier alpha value is -3.55. The van der Waals surface area contributed by atoms with Crippen LogP contribution in [0.1, 0.15) is 10.5 Å². The van der Waals surface area contributed by atoms with Gasteiger partial charge in [-0.25, -0.2) is 13.5 Å². The maximum absolute atomic E-state index is 13.7. The van der Waals surface area contributed by atoms with E-state index in [1.54, 1.807) is 0 Å². The summed E-state index contributed by atoms with van der Waals surface area (Å²) in [5.41, 5.74) is -1.05. The molecule has 0 fully saturated rings. The van der Waals surface area contributed by atoms with E-state index in [2.05, 4.69) is 10.4 Å². The van der Waals surface area contributed by atoms with E-state index in [0.29, 0.717) is 0 Å². The second kappa shape index (κ2) is 7.14. The molecule has 0 saturated carbocycles. The molecule has 0 aliphatic rings.